The maximum atomic E-state index is 11.1. The van der Waals surface area contributed by atoms with Gasteiger partial charge in [-0.25, -0.2) is 9.78 Å². The molecule has 6 heteroatoms. The summed E-state index contributed by atoms with van der Waals surface area (Å²) < 4.78 is 5.24. The largest absolute Gasteiger partial charge is 0.467 e. The molecule has 0 aliphatic carbocycles. The van der Waals surface area contributed by atoms with Gasteiger partial charge in [0.15, 0.2) is 6.10 Å². The lowest BCUT2D eigenvalue weighted by Gasteiger charge is -2.12. The maximum Gasteiger partial charge on any atom is 0.337 e. The average molecular weight is 253 g/mol. The van der Waals surface area contributed by atoms with E-state index < -0.39 is 18.2 Å². The number of ether oxygens (including phenoxy) is 1. The van der Waals surface area contributed by atoms with Gasteiger partial charge >= 0.3 is 5.97 Å². The van der Waals surface area contributed by atoms with E-state index in [9.17, 15) is 15.0 Å². The number of thiazole rings is 1. The van der Waals surface area contributed by atoms with E-state index in [0.717, 1.165) is 17.3 Å². The summed E-state index contributed by atoms with van der Waals surface area (Å²) in [5, 5.41) is 19.6. The molecule has 1 aromatic carbocycles. The van der Waals surface area contributed by atoms with Crippen LogP contribution in [0.15, 0.2) is 24.3 Å². The molecular formula is C11H11NO4S. The van der Waals surface area contributed by atoms with Crippen molar-refractivity contribution < 1.29 is 19.7 Å². The normalized spacial score (nSPS) is 14.5. The molecule has 0 aliphatic heterocycles. The molecule has 2 aromatic rings. The van der Waals surface area contributed by atoms with Crippen LogP contribution < -0.4 is 0 Å². The fourth-order valence-electron chi connectivity index (χ4n) is 1.40. The van der Waals surface area contributed by atoms with Crippen molar-refractivity contribution >= 4 is 27.5 Å². The first-order valence-electron chi connectivity index (χ1n) is 4.93. The first kappa shape index (κ1) is 12.0. The molecule has 90 valence electrons. The Balaban J connectivity index is 2.30. The number of benzene rings is 1. The number of nitrogens with zero attached hydrogens (tertiary/aromatic N) is 1. The first-order chi connectivity index (χ1) is 8.13. The number of methoxy groups -OCH3 is 1. The fraction of sp³-hybridized carbons (Fsp3) is 0.273. The molecule has 0 spiro atoms. The molecule has 0 aliphatic rings. The smallest absolute Gasteiger partial charge is 0.337 e. The number of aliphatic hydroxyl groups is 2. The Bertz CT molecular complexity index is 506. The minimum atomic E-state index is -1.61. The van der Waals surface area contributed by atoms with Gasteiger partial charge in [-0.15, -0.1) is 11.3 Å². The van der Waals surface area contributed by atoms with E-state index in [-0.39, 0.29) is 0 Å². The van der Waals surface area contributed by atoms with Gasteiger partial charge in [-0.1, -0.05) is 12.1 Å². The highest BCUT2D eigenvalue weighted by Crippen LogP contribution is 2.28. The van der Waals surface area contributed by atoms with Crippen LogP contribution in [-0.4, -0.2) is 34.4 Å². The number of aliphatic hydroxyl groups excluding tert-OH is 2. The zero-order valence-corrected chi connectivity index (χ0v) is 9.85. The quantitative estimate of drug-likeness (QED) is 0.793. The van der Waals surface area contributed by atoms with E-state index in [4.69, 9.17) is 0 Å². The van der Waals surface area contributed by atoms with E-state index in [0.29, 0.717) is 5.01 Å². The van der Waals surface area contributed by atoms with E-state index in [1.165, 1.54) is 11.3 Å². The lowest BCUT2D eigenvalue weighted by molar-refractivity contribution is -0.156. The van der Waals surface area contributed by atoms with Gasteiger partial charge in [0.05, 0.1) is 17.3 Å². The molecule has 0 saturated heterocycles. The van der Waals surface area contributed by atoms with Crippen molar-refractivity contribution in [3.63, 3.8) is 0 Å². The molecule has 0 fully saturated rings. The van der Waals surface area contributed by atoms with E-state index in [2.05, 4.69) is 9.72 Å². The summed E-state index contributed by atoms with van der Waals surface area (Å²) >= 11 is 1.23. The standard InChI is InChI=1S/C11H11NO4S/c1-16-11(15)9(14)8(13)10-12-6-4-2-3-5-7(6)17-10/h2-5,8-9,13-14H,1H3. The Morgan fingerprint density at radius 2 is 2.12 bits per heavy atom. The summed E-state index contributed by atoms with van der Waals surface area (Å²) in [4.78, 5) is 15.2. The number of rotatable bonds is 3. The minimum Gasteiger partial charge on any atom is -0.467 e. The number of esters is 1. The summed E-state index contributed by atoms with van der Waals surface area (Å²) in [7, 11) is 1.15. The summed E-state index contributed by atoms with van der Waals surface area (Å²) in [6.45, 7) is 0. The molecule has 17 heavy (non-hydrogen) atoms. The van der Waals surface area contributed by atoms with Crippen molar-refractivity contribution in [3.05, 3.63) is 29.3 Å². The Morgan fingerprint density at radius 3 is 2.76 bits per heavy atom. The predicted molar refractivity (Wildman–Crippen MR) is 62.6 cm³/mol. The molecule has 2 atom stereocenters. The van der Waals surface area contributed by atoms with Crippen molar-refractivity contribution in [2.75, 3.05) is 7.11 Å². The van der Waals surface area contributed by atoms with Crippen molar-refractivity contribution in [2.45, 2.75) is 12.2 Å². The molecular weight excluding hydrogens is 242 g/mol. The summed E-state index contributed by atoms with van der Waals surface area (Å²) in [6.07, 6.45) is -2.97. The number of carbonyl (C=O) groups excluding carboxylic acids is 1. The third kappa shape index (κ3) is 2.28. The zero-order valence-electron chi connectivity index (χ0n) is 9.03. The monoisotopic (exact) mass is 253 g/mol. The van der Waals surface area contributed by atoms with Crippen LogP contribution in [-0.2, 0) is 9.53 Å². The Kier molecular flexibility index (Phi) is 3.37. The van der Waals surface area contributed by atoms with Crippen LogP contribution in [0.4, 0.5) is 0 Å². The summed E-state index contributed by atoms with van der Waals surface area (Å²) in [5.74, 6) is -0.878. The van der Waals surface area contributed by atoms with Gasteiger partial charge < -0.3 is 14.9 Å². The van der Waals surface area contributed by atoms with Crippen molar-refractivity contribution in [1.29, 1.82) is 0 Å². The lowest BCUT2D eigenvalue weighted by Crippen LogP contribution is -2.28. The van der Waals surface area contributed by atoms with Gasteiger partial charge in [-0.2, -0.15) is 0 Å². The highest BCUT2D eigenvalue weighted by Gasteiger charge is 2.28. The predicted octanol–water partition coefficient (Wildman–Crippen LogP) is 0.864. The highest BCUT2D eigenvalue weighted by molar-refractivity contribution is 7.18. The first-order valence-corrected chi connectivity index (χ1v) is 5.74. The van der Waals surface area contributed by atoms with Gasteiger partial charge in [-0.3, -0.25) is 0 Å². The molecule has 0 bridgehead atoms. The second kappa shape index (κ2) is 4.79. The van der Waals surface area contributed by atoms with Crippen LogP contribution in [0.25, 0.3) is 10.2 Å². The van der Waals surface area contributed by atoms with Crippen molar-refractivity contribution in [2.24, 2.45) is 0 Å². The highest BCUT2D eigenvalue weighted by atomic mass is 32.1. The summed E-state index contributed by atoms with van der Waals surface area (Å²) in [6, 6.07) is 7.34. The molecule has 2 N–H and O–H groups in total. The van der Waals surface area contributed by atoms with Crippen LogP contribution in [0.3, 0.4) is 0 Å². The molecule has 2 unspecified atom stereocenters. The molecule has 0 radical (unpaired) electrons. The number of aromatic nitrogens is 1. The third-order valence-corrected chi connectivity index (χ3v) is 3.41. The average Bonchev–Trinajstić information content (AvgIpc) is 2.79. The molecule has 0 saturated carbocycles. The van der Waals surface area contributed by atoms with Crippen molar-refractivity contribution in [3.8, 4) is 0 Å². The molecule has 1 aromatic heterocycles. The molecule has 2 rings (SSSR count). The zero-order chi connectivity index (χ0) is 12.4. The van der Waals surface area contributed by atoms with E-state index >= 15 is 0 Å². The Hall–Kier alpha value is -1.50. The SMILES string of the molecule is COC(=O)C(O)C(O)c1nc2ccccc2s1. The number of hydrogen-bond acceptors (Lipinski definition) is 6. The minimum absolute atomic E-state index is 0.295. The molecule has 0 amide bonds. The van der Waals surface area contributed by atoms with Gasteiger partial charge in [0, 0.05) is 0 Å². The fourth-order valence-corrected chi connectivity index (χ4v) is 2.39. The third-order valence-electron chi connectivity index (χ3n) is 2.31. The Labute approximate surface area is 101 Å². The summed E-state index contributed by atoms with van der Waals surface area (Å²) in [5.41, 5.74) is 0.726. The van der Waals surface area contributed by atoms with Crippen LogP contribution in [0.2, 0.25) is 0 Å². The number of carbonyl (C=O) groups is 1. The second-order valence-electron chi connectivity index (χ2n) is 3.43. The van der Waals surface area contributed by atoms with Gasteiger partial charge in [-0.05, 0) is 12.1 Å². The number of hydrogen-bond donors (Lipinski definition) is 2. The second-order valence-corrected chi connectivity index (χ2v) is 4.49. The van der Waals surface area contributed by atoms with E-state index in [1.807, 2.05) is 18.2 Å². The van der Waals surface area contributed by atoms with Crippen LogP contribution in [0.5, 0.6) is 0 Å². The van der Waals surface area contributed by atoms with E-state index in [1.54, 1.807) is 6.07 Å². The molecule has 1 heterocycles. The topological polar surface area (TPSA) is 79.7 Å². The Morgan fingerprint density at radius 1 is 1.41 bits per heavy atom. The van der Waals surface area contributed by atoms with Crippen LogP contribution >= 0.6 is 11.3 Å². The lowest BCUT2D eigenvalue weighted by atomic mass is 10.2. The van der Waals surface area contributed by atoms with Gasteiger partial charge in [0.2, 0.25) is 0 Å². The number of para-hydroxylation sites is 1. The molecule has 5 nitrogen and oxygen atoms in total. The maximum absolute atomic E-state index is 11.1. The van der Waals surface area contributed by atoms with Crippen LogP contribution in [0, 0.1) is 0 Å². The van der Waals surface area contributed by atoms with Gasteiger partial charge in [0.25, 0.3) is 0 Å². The van der Waals surface area contributed by atoms with Gasteiger partial charge in [0.1, 0.15) is 11.1 Å². The van der Waals surface area contributed by atoms with Crippen LogP contribution in [0.1, 0.15) is 11.1 Å². The number of fused-ring (bicyclic) bond motifs is 1. The van der Waals surface area contributed by atoms with Crippen molar-refractivity contribution in [1.82, 2.24) is 4.98 Å².